The van der Waals surface area contributed by atoms with Gasteiger partial charge in [-0.05, 0) is 68.1 Å². The largest absolute Gasteiger partial charge is 0.379 e. The van der Waals surface area contributed by atoms with Gasteiger partial charge in [-0.2, -0.15) is 0 Å². The first-order valence-electron chi connectivity index (χ1n) is 10.6. The van der Waals surface area contributed by atoms with Gasteiger partial charge in [-0.3, -0.25) is 9.69 Å². The summed E-state index contributed by atoms with van der Waals surface area (Å²) < 4.78 is 5.42. The number of likely N-dealkylation sites (tertiary alicyclic amines) is 1. The highest BCUT2D eigenvalue weighted by Gasteiger charge is 2.24. The Morgan fingerprint density at radius 2 is 1.79 bits per heavy atom. The van der Waals surface area contributed by atoms with Crippen LogP contribution in [0, 0.1) is 5.92 Å². The molecule has 4 rings (SSSR count). The third kappa shape index (κ3) is 5.81. The van der Waals surface area contributed by atoms with Gasteiger partial charge in [0.05, 0.1) is 13.2 Å². The molecule has 0 aliphatic carbocycles. The average Bonchev–Trinajstić information content (AvgIpc) is 2.79. The molecule has 154 valence electrons. The second-order valence-corrected chi connectivity index (χ2v) is 8.87. The van der Waals surface area contributed by atoms with Gasteiger partial charge in [0, 0.05) is 42.8 Å². The van der Waals surface area contributed by atoms with Crippen LogP contribution in [0.4, 0.5) is 0 Å². The number of pyridine rings is 1. The predicted octanol–water partition coefficient (Wildman–Crippen LogP) is 3.81. The standard InChI is InChI=1S/C23H29N3O2S/c27-23(20-4-6-21(7-5-20)29-22-3-1-2-11-24-22)26-13-9-19(10-14-26)8-12-25-15-17-28-18-16-25/h1-7,11,19H,8-10,12-18H2. The first kappa shape index (κ1) is 20.4. The number of ether oxygens (including phenoxy) is 1. The van der Waals surface area contributed by atoms with E-state index in [1.165, 1.54) is 6.42 Å². The molecule has 1 amide bonds. The fraction of sp³-hybridized carbons (Fsp3) is 0.478. The van der Waals surface area contributed by atoms with Crippen molar-refractivity contribution < 1.29 is 9.53 Å². The van der Waals surface area contributed by atoms with Gasteiger partial charge in [-0.15, -0.1) is 0 Å². The summed E-state index contributed by atoms with van der Waals surface area (Å²) in [6, 6.07) is 13.8. The Labute approximate surface area is 177 Å². The van der Waals surface area contributed by atoms with Crippen LogP contribution < -0.4 is 0 Å². The number of aromatic nitrogens is 1. The Hall–Kier alpha value is -1.89. The molecule has 2 aliphatic rings. The van der Waals surface area contributed by atoms with E-state index in [1.54, 1.807) is 18.0 Å². The van der Waals surface area contributed by atoms with Crippen LogP contribution in [-0.2, 0) is 4.74 Å². The number of hydrogen-bond acceptors (Lipinski definition) is 5. The Morgan fingerprint density at radius 1 is 1.03 bits per heavy atom. The minimum absolute atomic E-state index is 0.158. The molecule has 2 aliphatic heterocycles. The molecule has 1 aromatic carbocycles. The highest BCUT2D eigenvalue weighted by molar-refractivity contribution is 7.99. The van der Waals surface area contributed by atoms with E-state index in [1.807, 2.05) is 47.4 Å². The molecule has 0 saturated carbocycles. The van der Waals surface area contributed by atoms with Gasteiger partial charge in [0.25, 0.3) is 5.91 Å². The van der Waals surface area contributed by atoms with E-state index in [0.29, 0.717) is 0 Å². The maximum absolute atomic E-state index is 12.9. The monoisotopic (exact) mass is 411 g/mol. The smallest absolute Gasteiger partial charge is 0.253 e. The summed E-state index contributed by atoms with van der Waals surface area (Å²) in [6.45, 7) is 6.77. The van der Waals surface area contributed by atoms with Crippen LogP contribution in [0.15, 0.2) is 58.6 Å². The van der Waals surface area contributed by atoms with Gasteiger partial charge < -0.3 is 9.64 Å². The molecule has 0 unspecified atom stereocenters. The number of piperidine rings is 1. The highest BCUT2D eigenvalue weighted by Crippen LogP contribution is 2.27. The Kier molecular flexibility index (Phi) is 7.19. The molecule has 2 fully saturated rings. The Morgan fingerprint density at radius 3 is 2.48 bits per heavy atom. The molecule has 2 saturated heterocycles. The van der Waals surface area contributed by atoms with Crippen molar-refractivity contribution in [3.05, 3.63) is 54.2 Å². The van der Waals surface area contributed by atoms with Crippen LogP contribution in [-0.4, -0.2) is 66.6 Å². The van der Waals surface area contributed by atoms with Gasteiger partial charge in [-0.25, -0.2) is 4.98 Å². The molecule has 0 spiro atoms. The fourth-order valence-electron chi connectivity index (χ4n) is 3.99. The normalized spacial score (nSPS) is 18.7. The summed E-state index contributed by atoms with van der Waals surface area (Å²) in [5.41, 5.74) is 0.780. The quantitative estimate of drug-likeness (QED) is 0.723. The van der Waals surface area contributed by atoms with Crippen LogP contribution in [0.3, 0.4) is 0 Å². The van der Waals surface area contributed by atoms with Gasteiger partial charge in [0.15, 0.2) is 0 Å². The van der Waals surface area contributed by atoms with Crippen LogP contribution in [0.5, 0.6) is 0 Å². The van der Waals surface area contributed by atoms with E-state index in [-0.39, 0.29) is 5.91 Å². The zero-order valence-corrected chi connectivity index (χ0v) is 17.7. The summed E-state index contributed by atoms with van der Waals surface area (Å²) >= 11 is 1.61. The predicted molar refractivity (Wildman–Crippen MR) is 115 cm³/mol. The molecule has 0 N–H and O–H groups in total. The molecule has 0 radical (unpaired) electrons. The second kappa shape index (κ2) is 10.2. The minimum atomic E-state index is 0.158. The van der Waals surface area contributed by atoms with Crippen molar-refractivity contribution in [1.82, 2.24) is 14.8 Å². The number of carbonyl (C=O) groups excluding carboxylic acids is 1. The molecule has 29 heavy (non-hydrogen) atoms. The third-order valence-corrected chi connectivity index (χ3v) is 6.78. The summed E-state index contributed by atoms with van der Waals surface area (Å²) in [4.78, 5) is 22.8. The lowest BCUT2D eigenvalue weighted by Gasteiger charge is -2.34. The number of nitrogens with zero attached hydrogens (tertiary/aromatic N) is 3. The molecule has 5 nitrogen and oxygen atoms in total. The van der Waals surface area contributed by atoms with Crippen molar-refractivity contribution in [3.63, 3.8) is 0 Å². The highest BCUT2D eigenvalue weighted by atomic mass is 32.2. The average molecular weight is 412 g/mol. The van der Waals surface area contributed by atoms with Crippen LogP contribution in [0.1, 0.15) is 29.6 Å². The zero-order chi connectivity index (χ0) is 19.9. The van der Waals surface area contributed by atoms with Gasteiger partial charge >= 0.3 is 0 Å². The first-order chi connectivity index (χ1) is 14.3. The lowest BCUT2D eigenvalue weighted by atomic mass is 9.93. The summed E-state index contributed by atoms with van der Waals surface area (Å²) in [5, 5.41) is 0.964. The van der Waals surface area contributed by atoms with E-state index in [9.17, 15) is 4.79 Å². The van der Waals surface area contributed by atoms with Crippen molar-refractivity contribution >= 4 is 17.7 Å². The van der Waals surface area contributed by atoms with Crippen molar-refractivity contribution in [3.8, 4) is 0 Å². The van der Waals surface area contributed by atoms with E-state index in [2.05, 4.69) is 9.88 Å². The number of benzene rings is 1. The maximum Gasteiger partial charge on any atom is 0.253 e. The zero-order valence-electron chi connectivity index (χ0n) is 16.8. The molecule has 0 bridgehead atoms. The number of morpholine rings is 1. The third-order valence-electron chi connectivity index (χ3n) is 5.82. The van der Waals surface area contributed by atoms with Gasteiger partial charge in [0.2, 0.25) is 0 Å². The maximum atomic E-state index is 12.9. The topological polar surface area (TPSA) is 45.7 Å². The number of hydrogen-bond donors (Lipinski definition) is 0. The first-order valence-corrected chi connectivity index (χ1v) is 11.4. The van der Waals surface area contributed by atoms with E-state index < -0.39 is 0 Å². The molecular weight excluding hydrogens is 382 g/mol. The number of rotatable bonds is 6. The van der Waals surface area contributed by atoms with Gasteiger partial charge in [0.1, 0.15) is 5.03 Å². The van der Waals surface area contributed by atoms with Gasteiger partial charge in [-0.1, -0.05) is 17.8 Å². The summed E-state index contributed by atoms with van der Waals surface area (Å²) in [6.07, 6.45) is 5.26. The molecule has 0 atom stereocenters. The molecular formula is C23H29N3O2S. The van der Waals surface area contributed by atoms with Crippen molar-refractivity contribution in [2.24, 2.45) is 5.92 Å². The molecule has 1 aromatic heterocycles. The molecule has 3 heterocycles. The minimum Gasteiger partial charge on any atom is -0.379 e. The SMILES string of the molecule is O=C(c1ccc(Sc2ccccn2)cc1)N1CCC(CCN2CCOCC2)CC1. The van der Waals surface area contributed by atoms with Crippen LogP contribution >= 0.6 is 11.8 Å². The van der Waals surface area contributed by atoms with E-state index >= 15 is 0 Å². The lowest BCUT2D eigenvalue weighted by molar-refractivity contribution is 0.0332. The van der Waals surface area contributed by atoms with E-state index in [4.69, 9.17) is 4.74 Å². The summed E-state index contributed by atoms with van der Waals surface area (Å²) in [7, 11) is 0. The fourth-order valence-corrected chi connectivity index (χ4v) is 4.76. The second-order valence-electron chi connectivity index (χ2n) is 7.77. The lowest BCUT2D eigenvalue weighted by Crippen LogP contribution is -2.40. The number of carbonyl (C=O) groups is 1. The molecule has 2 aromatic rings. The molecule has 6 heteroatoms. The van der Waals surface area contributed by atoms with Crippen molar-refractivity contribution in [1.29, 1.82) is 0 Å². The van der Waals surface area contributed by atoms with Crippen LogP contribution in [0.25, 0.3) is 0 Å². The van der Waals surface area contributed by atoms with Crippen molar-refractivity contribution in [2.45, 2.75) is 29.2 Å². The van der Waals surface area contributed by atoms with E-state index in [0.717, 1.165) is 80.2 Å². The van der Waals surface area contributed by atoms with Crippen molar-refractivity contribution in [2.75, 3.05) is 45.9 Å². The Bertz CT molecular complexity index is 770. The van der Waals surface area contributed by atoms with Crippen LogP contribution in [0.2, 0.25) is 0 Å². The number of amides is 1. The Balaban J connectivity index is 1.23. The summed E-state index contributed by atoms with van der Waals surface area (Å²) in [5.74, 6) is 0.894.